The molecule has 5 heteroatoms. The molecule has 0 aromatic carbocycles. The summed E-state index contributed by atoms with van der Waals surface area (Å²) >= 11 is 0. The van der Waals surface area contributed by atoms with Crippen LogP contribution in [0.4, 0.5) is 0 Å². The molecule has 0 unspecified atom stereocenters. The summed E-state index contributed by atoms with van der Waals surface area (Å²) in [5.41, 5.74) is -0.415. The third-order valence-corrected chi connectivity index (χ3v) is 6.10. The molecule has 0 aromatic heterocycles. The normalized spacial score (nSPS) is 40.3. The third-order valence-electron chi connectivity index (χ3n) is 6.10. The largest absolute Gasteiger partial charge is 0.390 e. The summed E-state index contributed by atoms with van der Waals surface area (Å²) in [6.45, 7) is 3.93. The Bertz CT molecular complexity index is 463. The highest BCUT2D eigenvalue weighted by Crippen LogP contribution is 2.62. The molecule has 0 heterocycles. The zero-order valence-electron chi connectivity index (χ0n) is 13.7. The smallest absolute Gasteiger partial charge is 0.221 e. The molecule has 0 spiro atoms. The van der Waals surface area contributed by atoms with Gasteiger partial charge in [0.05, 0.1) is 5.60 Å². The quantitative estimate of drug-likeness (QED) is 0.717. The lowest BCUT2D eigenvalue weighted by atomic mass is 9.46. The van der Waals surface area contributed by atoms with Crippen molar-refractivity contribution in [3.63, 3.8) is 0 Å². The van der Waals surface area contributed by atoms with Gasteiger partial charge in [0.25, 0.3) is 0 Å². The van der Waals surface area contributed by atoms with Gasteiger partial charge in [-0.1, -0.05) is 0 Å². The minimum atomic E-state index is -0.487. The summed E-state index contributed by atoms with van der Waals surface area (Å²) in [5, 5.41) is 16.6. The molecule has 2 amide bonds. The van der Waals surface area contributed by atoms with Crippen LogP contribution in [0.15, 0.2) is 0 Å². The van der Waals surface area contributed by atoms with Crippen LogP contribution in [0.3, 0.4) is 0 Å². The van der Waals surface area contributed by atoms with Gasteiger partial charge in [0, 0.05) is 25.9 Å². The van der Waals surface area contributed by atoms with Gasteiger partial charge in [-0.05, 0) is 62.7 Å². The maximum atomic E-state index is 12.1. The maximum absolute atomic E-state index is 12.1. The molecule has 4 rings (SSSR count). The first-order valence-corrected chi connectivity index (χ1v) is 8.56. The second-order valence-electron chi connectivity index (χ2n) is 8.07. The third kappa shape index (κ3) is 3.00. The number of carbonyl (C=O) groups is 2. The SMILES string of the molecule is CC(=O)NCCC(=O)N[C@H](C)C12C[C@H]3C[C@@H](CC(O)(C3)C1)C2. The standard InChI is InChI=1S/C17H28N2O3/c1-11(19-15(21)3-4-18-12(2)20)16-6-13-5-14(7-16)9-17(22,8-13)10-16/h11,13-14,22H,3-10H2,1-2H3,(H,18,20)(H,19,21)/t11-,13-,14-,16?,17?/m1/s1. The summed E-state index contributed by atoms with van der Waals surface area (Å²) < 4.78 is 0. The molecule has 4 aliphatic carbocycles. The van der Waals surface area contributed by atoms with Crippen molar-refractivity contribution in [1.29, 1.82) is 0 Å². The van der Waals surface area contributed by atoms with E-state index in [1.54, 1.807) is 0 Å². The van der Waals surface area contributed by atoms with Gasteiger partial charge >= 0.3 is 0 Å². The molecule has 3 N–H and O–H groups in total. The van der Waals surface area contributed by atoms with E-state index in [4.69, 9.17) is 0 Å². The van der Waals surface area contributed by atoms with Crippen LogP contribution in [0.25, 0.3) is 0 Å². The molecule has 4 bridgehead atoms. The van der Waals surface area contributed by atoms with E-state index in [1.165, 1.54) is 13.3 Å². The first-order valence-electron chi connectivity index (χ1n) is 8.56. The van der Waals surface area contributed by atoms with Crippen LogP contribution in [0, 0.1) is 17.3 Å². The fraction of sp³-hybridized carbons (Fsp3) is 0.882. The van der Waals surface area contributed by atoms with Crippen LogP contribution in [-0.4, -0.2) is 35.1 Å². The average molecular weight is 308 g/mol. The monoisotopic (exact) mass is 308 g/mol. The number of carbonyl (C=O) groups excluding carboxylic acids is 2. The molecule has 0 aromatic rings. The fourth-order valence-corrected chi connectivity index (χ4v) is 5.61. The van der Waals surface area contributed by atoms with Gasteiger partial charge in [-0.15, -0.1) is 0 Å². The number of hydrogen-bond acceptors (Lipinski definition) is 3. The van der Waals surface area contributed by atoms with E-state index in [9.17, 15) is 14.7 Å². The molecule has 5 nitrogen and oxygen atoms in total. The first kappa shape index (κ1) is 15.8. The van der Waals surface area contributed by atoms with Crippen molar-refractivity contribution in [1.82, 2.24) is 10.6 Å². The second-order valence-corrected chi connectivity index (χ2v) is 8.07. The molecule has 4 fully saturated rings. The lowest BCUT2D eigenvalue weighted by molar-refractivity contribution is -0.173. The average Bonchev–Trinajstić information content (AvgIpc) is 2.34. The van der Waals surface area contributed by atoms with E-state index in [0.717, 1.165) is 32.1 Å². The van der Waals surface area contributed by atoms with E-state index in [1.807, 2.05) is 0 Å². The van der Waals surface area contributed by atoms with Crippen LogP contribution in [0.2, 0.25) is 0 Å². The summed E-state index contributed by atoms with van der Waals surface area (Å²) in [5.74, 6) is 1.14. The van der Waals surface area contributed by atoms with Crippen molar-refractivity contribution < 1.29 is 14.7 Å². The van der Waals surface area contributed by atoms with Crippen LogP contribution < -0.4 is 10.6 Å². The number of amides is 2. The Morgan fingerprint density at radius 2 is 1.86 bits per heavy atom. The van der Waals surface area contributed by atoms with E-state index >= 15 is 0 Å². The number of rotatable bonds is 5. The summed E-state index contributed by atoms with van der Waals surface area (Å²) in [6.07, 6.45) is 6.59. The molecule has 0 radical (unpaired) electrons. The summed E-state index contributed by atoms with van der Waals surface area (Å²) in [4.78, 5) is 22.9. The molecule has 4 saturated carbocycles. The van der Waals surface area contributed by atoms with Crippen molar-refractivity contribution >= 4 is 11.8 Å². The Balaban J connectivity index is 1.59. The van der Waals surface area contributed by atoms with Gasteiger partial charge in [0.1, 0.15) is 0 Å². The molecular formula is C17H28N2O3. The summed E-state index contributed by atoms with van der Waals surface area (Å²) in [7, 11) is 0. The lowest BCUT2D eigenvalue weighted by Gasteiger charge is -2.62. The van der Waals surface area contributed by atoms with Crippen LogP contribution in [0.1, 0.15) is 58.8 Å². The zero-order chi connectivity index (χ0) is 16.0. The van der Waals surface area contributed by atoms with Gasteiger partial charge in [0.15, 0.2) is 0 Å². The molecule has 0 aliphatic heterocycles. The van der Waals surface area contributed by atoms with Gasteiger partial charge in [0.2, 0.25) is 11.8 Å². The van der Waals surface area contributed by atoms with Gasteiger partial charge < -0.3 is 15.7 Å². The molecular weight excluding hydrogens is 280 g/mol. The van der Waals surface area contributed by atoms with Crippen molar-refractivity contribution in [2.75, 3.05) is 6.54 Å². The Morgan fingerprint density at radius 1 is 1.23 bits per heavy atom. The minimum Gasteiger partial charge on any atom is -0.390 e. The van der Waals surface area contributed by atoms with Gasteiger partial charge in [-0.3, -0.25) is 9.59 Å². The van der Waals surface area contributed by atoms with Gasteiger partial charge in [-0.2, -0.15) is 0 Å². The van der Waals surface area contributed by atoms with E-state index < -0.39 is 5.60 Å². The first-order chi connectivity index (χ1) is 10.3. The lowest BCUT2D eigenvalue weighted by Crippen LogP contribution is -2.61. The second kappa shape index (κ2) is 5.52. The highest BCUT2D eigenvalue weighted by Gasteiger charge is 2.58. The Morgan fingerprint density at radius 3 is 2.41 bits per heavy atom. The predicted octanol–water partition coefficient (Wildman–Crippen LogP) is 1.35. The highest BCUT2D eigenvalue weighted by molar-refractivity contribution is 5.78. The topological polar surface area (TPSA) is 78.4 Å². The van der Waals surface area contributed by atoms with Crippen molar-refractivity contribution in [2.24, 2.45) is 17.3 Å². The molecule has 4 aliphatic rings. The highest BCUT2D eigenvalue weighted by atomic mass is 16.3. The van der Waals surface area contributed by atoms with Crippen molar-refractivity contribution in [2.45, 2.75) is 70.4 Å². The maximum Gasteiger partial charge on any atom is 0.221 e. The van der Waals surface area contributed by atoms with E-state index in [2.05, 4.69) is 17.6 Å². The summed E-state index contributed by atoms with van der Waals surface area (Å²) in [6, 6.07) is 0.0924. The van der Waals surface area contributed by atoms with Crippen molar-refractivity contribution in [3.05, 3.63) is 0 Å². The Kier molecular flexibility index (Phi) is 3.96. The molecule has 3 atom stereocenters. The Hall–Kier alpha value is -1.10. The fourth-order valence-electron chi connectivity index (χ4n) is 5.61. The van der Waals surface area contributed by atoms with E-state index in [-0.39, 0.29) is 23.3 Å². The van der Waals surface area contributed by atoms with Crippen LogP contribution >= 0.6 is 0 Å². The molecule has 0 saturated heterocycles. The Labute approximate surface area is 132 Å². The predicted molar refractivity (Wildman–Crippen MR) is 83.0 cm³/mol. The van der Waals surface area contributed by atoms with Gasteiger partial charge in [-0.25, -0.2) is 0 Å². The van der Waals surface area contributed by atoms with Crippen LogP contribution in [0.5, 0.6) is 0 Å². The number of aliphatic hydroxyl groups is 1. The van der Waals surface area contributed by atoms with Crippen molar-refractivity contribution in [3.8, 4) is 0 Å². The molecule has 22 heavy (non-hydrogen) atoms. The minimum absolute atomic E-state index is 0.0102. The molecule has 124 valence electrons. The zero-order valence-corrected chi connectivity index (χ0v) is 13.7. The number of nitrogens with one attached hydrogen (secondary N) is 2. The van der Waals surface area contributed by atoms with E-state index in [0.29, 0.717) is 24.8 Å². The van der Waals surface area contributed by atoms with Crippen LogP contribution in [-0.2, 0) is 9.59 Å². The number of hydrogen-bond donors (Lipinski definition) is 3.